The van der Waals surface area contributed by atoms with Gasteiger partial charge in [0.2, 0.25) is 10.0 Å². The molecular weight excluding hydrogens is 374 g/mol. The van der Waals surface area contributed by atoms with Crippen LogP contribution < -0.4 is 10.2 Å². The molecule has 2 aromatic rings. The Morgan fingerprint density at radius 2 is 1.82 bits per heavy atom. The highest BCUT2D eigenvalue weighted by Crippen LogP contribution is 2.27. The number of carbonyl (C=O) groups excluding carboxylic acids is 1. The molecule has 7 heteroatoms. The number of quaternary nitrogens is 1. The normalized spacial score (nSPS) is 17.8. The molecule has 0 fully saturated rings. The van der Waals surface area contributed by atoms with E-state index in [-0.39, 0.29) is 10.8 Å². The average molecular weight is 403 g/mol. The standard InChI is InChI=1S/C21H27N3O3S/c1-23(2)28(26,27)18-13-11-17(12-14-18)22-21(25)15-24(3)20-10-6-8-16-7-4-5-9-19(16)20/h4-5,7,9,11-14,20H,6,8,10,15H2,1-3H3,(H,22,25)/p+1/t20-/m0/s1. The first kappa shape index (κ1) is 20.5. The van der Waals surface area contributed by atoms with Crippen LogP contribution in [0.4, 0.5) is 5.69 Å². The zero-order valence-electron chi connectivity index (χ0n) is 16.6. The van der Waals surface area contributed by atoms with Crippen LogP contribution in [0.25, 0.3) is 0 Å². The first-order valence-corrected chi connectivity index (χ1v) is 11.0. The third-order valence-corrected chi connectivity index (χ3v) is 7.15. The Hall–Kier alpha value is -2.22. The van der Waals surface area contributed by atoms with Crippen LogP contribution in [0.5, 0.6) is 0 Å². The van der Waals surface area contributed by atoms with E-state index in [0.717, 1.165) is 24.2 Å². The summed E-state index contributed by atoms with van der Waals surface area (Å²) in [4.78, 5) is 13.9. The summed E-state index contributed by atoms with van der Waals surface area (Å²) in [5.41, 5.74) is 3.33. The molecule has 1 aliphatic rings. The van der Waals surface area contributed by atoms with Crippen LogP contribution in [-0.2, 0) is 21.2 Å². The van der Waals surface area contributed by atoms with E-state index < -0.39 is 10.0 Å². The lowest BCUT2D eigenvalue weighted by Gasteiger charge is -2.30. The molecule has 0 heterocycles. The van der Waals surface area contributed by atoms with E-state index in [1.807, 2.05) is 0 Å². The average Bonchev–Trinajstić information content (AvgIpc) is 2.67. The van der Waals surface area contributed by atoms with Crippen molar-refractivity contribution in [3.63, 3.8) is 0 Å². The third kappa shape index (κ3) is 4.43. The molecule has 0 saturated heterocycles. The summed E-state index contributed by atoms with van der Waals surface area (Å²) in [6, 6.07) is 15.1. The predicted octanol–water partition coefficient (Wildman–Crippen LogP) is 1.47. The highest BCUT2D eigenvalue weighted by molar-refractivity contribution is 7.89. The number of carbonyl (C=O) groups is 1. The quantitative estimate of drug-likeness (QED) is 0.769. The van der Waals surface area contributed by atoms with Crippen LogP contribution >= 0.6 is 0 Å². The minimum absolute atomic E-state index is 0.0798. The van der Waals surface area contributed by atoms with Crippen LogP contribution in [0, 0.1) is 0 Å². The summed E-state index contributed by atoms with van der Waals surface area (Å²) in [6.45, 7) is 0.358. The Labute approximate surface area is 167 Å². The predicted molar refractivity (Wildman–Crippen MR) is 110 cm³/mol. The fraction of sp³-hybridized carbons (Fsp3) is 0.381. The summed E-state index contributed by atoms with van der Waals surface area (Å²) < 4.78 is 25.4. The smallest absolute Gasteiger partial charge is 0.279 e. The maximum atomic E-state index is 12.5. The van der Waals surface area contributed by atoms with E-state index >= 15 is 0 Å². The molecule has 0 saturated carbocycles. The Balaban J connectivity index is 1.63. The zero-order chi connectivity index (χ0) is 20.3. The molecule has 0 bridgehead atoms. The molecule has 1 aliphatic carbocycles. The Kier molecular flexibility index (Phi) is 6.17. The van der Waals surface area contributed by atoms with E-state index in [2.05, 4.69) is 36.6 Å². The van der Waals surface area contributed by atoms with Gasteiger partial charge in [-0.05, 0) is 42.7 Å². The summed E-state index contributed by atoms with van der Waals surface area (Å²) in [5, 5.41) is 2.88. The maximum absolute atomic E-state index is 12.5. The monoisotopic (exact) mass is 402 g/mol. The number of rotatable bonds is 6. The van der Waals surface area contributed by atoms with Gasteiger partial charge in [0.1, 0.15) is 6.04 Å². The van der Waals surface area contributed by atoms with Gasteiger partial charge in [0.05, 0.1) is 11.9 Å². The van der Waals surface area contributed by atoms with Crippen molar-refractivity contribution in [3.8, 4) is 0 Å². The van der Waals surface area contributed by atoms with Crippen molar-refractivity contribution in [2.24, 2.45) is 0 Å². The molecule has 0 aromatic heterocycles. The van der Waals surface area contributed by atoms with Crippen LogP contribution in [-0.4, -0.2) is 46.3 Å². The van der Waals surface area contributed by atoms with Gasteiger partial charge in [-0.25, -0.2) is 12.7 Å². The Morgan fingerprint density at radius 1 is 1.14 bits per heavy atom. The van der Waals surface area contributed by atoms with Gasteiger partial charge in [-0.2, -0.15) is 0 Å². The number of nitrogens with zero attached hydrogens (tertiary/aromatic N) is 1. The fourth-order valence-electron chi connectivity index (χ4n) is 3.77. The van der Waals surface area contributed by atoms with E-state index in [4.69, 9.17) is 0 Å². The summed E-state index contributed by atoms with van der Waals surface area (Å²) in [6.07, 6.45) is 3.32. The van der Waals surface area contributed by atoms with Gasteiger partial charge < -0.3 is 10.2 Å². The summed E-state index contributed by atoms with van der Waals surface area (Å²) in [7, 11) is 1.57. The van der Waals surface area contributed by atoms with E-state index in [0.29, 0.717) is 18.3 Å². The van der Waals surface area contributed by atoms with Crippen molar-refractivity contribution < 1.29 is 18.1 Å². The van der Waals surface area contributed by atoms with Crippen molar-refractivity contribution in [2.45, 2.75) is 30.2 Å². The zero-order valence-corrected chi connectivity index (χ0v) is 17.4. The van der Waals surface area contributed by atoms with E-state index in [9.17, 15) is 13.2 Å². The SMILES string of the molecule is CN(C)S(=O)(=O)c1ccc(NC(=O)C[NH+](C)[C@H]2CCCc3ccccc32)cc1. The third-order valence-electron chi connectivity index (χ3n) is 5.32. The summed E-state index contributed by atoms with van der Waals surface area (Å²) >= 11 is 0. The first-order chi connectivity index (χ1) is 13.3. The highest BCUT2D eigenvalue weighted by Gasteiger charge is 2.28. The topological polar surface area (TPSA) is 70.9 Å². The number of amides is 1. The highest BCUT2D eigenvalue weighted by atomic mass is 32.2. The largest absolute Gasteiger partial charge is 0.323 e. The molecule has 2 N–H and O–H groups in total. The second kappa shape index (κ2) is 8.43. The van der Waals surface area contributed by atoms with Crippen molar-refractivity contribution in [1.82, 2.24) is 4.31 Å². The molecule has 0 aliphatic heterocycles. The van der Waals surface area contributed by atoms with Crippen molar-refractivity contribution in [2.75, 3.05) is 33.0 Å². The van der Waals surface area contributed by atoms with Crippen molar-refractivity contribution >= 4 is 21.6 Å². The molecule has 2 atom stereocenters. The molecular formula is C21H28N3O3S+. The van der Waals surface area contributed by atoms with E-state index in [1.165, 1.54) is 41.7 Å². The van der Waals surface area contributed by atoms with Gasteiger partial charge >= 0.3 is 0 Å². The number of hydrogen-bond donors (Lipinski definition) is 2. The minimum Gasteiger partial charge on any atom is -0.323 e. The molecule has 0 spiro atoms. The molecule has 2 aromatic carbocycles. The number of nitrogens with one attached hydrogen (secondary N) is 2. The van der Waals surface area contributed by atoms with Crippen molar-refractivity contribution in [3.05, 3.63) is 59.7 Å². The summed E-state index contributed by atoms with van der Waals surface area (Å²) in [5.74, 6) is -0.0798. The van der Waals surface area contributed by atoms with Crippen LogP contribution in [0.15, 0.2) is 53.4 Å². The maximum Gasteiger partial charge on any atom is 0.279 e. The molecule has 6 nitrogen and oxygen atoms in total. The first-order valence-electron chi connectivity index (χ1n) is 9.51. The van der Waals surface area contributed by atoms with Gasteiger partial charge in [-0.1, -0.05) is 24.3 Å². The molecule has 3 rings (SSSR count). The van der Waals surface area contributed by atoms with Gasteiger partial charge in [0.25, 0.3) is 5.91 Å². The molecule has 1 unspecified atom stereocenters. The molecule has 0 radical (unpaired) electrons. The lowest BCUT2D eigenvalue weighted by Crippen LogP contribution is -3.10. The second-order valence-corrected chi connectivity index (χ2v) is 9.68. The van der Waals surface area contributed by atoms with Gasteiger partial charge in [-0.3, -0.25) is 4.79 Å². The molecule has 28 heavy (non-hydrogen) atoms. The molecule has 1 amide bonds. The number of fused-ring (bicyclic) bond motifs is 1. The van der Waals surface area contributed by atoms with Gasteiger partial charge in [0.15, 0.2) is 6.54 Å². The number of sulfonamides is 1. The van der Waals surface area contributed by atoms with Crippen molar-refractivity contribution in [1.29, 1.82) is 0 Å². The number of anilines is 1. The number of benzene rings is 2. The fourth-order valence-corrected chi connectivity index (χ4v) is 4.67. The number of likely N-dealkylation sites (N-methyl/N-ethyl adjacent to an activating group) is 1. The number of hydrogen-bond acceptors (Lipinski definition) is 3. The van der Waals surface area contributed by atoms with Crippen LogP contribution in [0.2, 0.25) is 0 Å². The number of aryl methyl sites for hydroxylation is 1. The molecule has 150 valence electrons. The van der Waals surface area contributed by atoms with E-state index in [1.54, 1.807) is 12.1 Å². The minimum atomic E-state index is -3.47. The second-order valence-electron chi connectivity index (χ2n) is 7.53. The van der Waals surface area contributed by atoms with Gasteiger partial charge in [-0.15, -0.1) is 0 Å². The lowest BCUT2D eigenvalue weighted by atomic mass is 9.87. The van der Waals surface area contributed by atoms with Gasteiger partial charge in [0, 0.05) is 31.8 Å². The Morgan fingerprint density at radius 3 is 2.50 bits per heavy atom. The van der Waals surface area contributed by atoms with Crippen LogP contribution in [0.1, 0.15) is 30.0 Å². The Bertz CT molecular complexity index is 940. The lowest BCUT2D eigenvalue weighted by molar-refractivity contribution is -0.905. The van der Waals surface area contributed by atoms with Crippen LogP contribution in [0.3, 0.4) is 0 Å².